The van der Waals surface area contributed by atoms with Gasteiger partial charge in [0.15, 0.2) is 17.0 Å². The number of amides is 1. The molecule has 38 heavy (non-hydrogen) atoms. The summed E-state index contributed by atoms with van der Waals surface area (Å²) < 4.78 is 19.3. The molecular formula is C28H31N5O5. The van der Waals surface area contributed by atoms with E-state index in [0.29, 0.717) is 42.4 Å². The molecule has 3 aromatic heterocycles. The van der Waals surface area contributed by atoms with Crippen molar-refractivity contribution < 1.29 is 19.0 Å². The van der Waals surface area contributed by atoms with Gasteiger partial charge in [-0.05, 0) is 50.6 Å². The normalized spacial score (nSPS) is 12.7. The number of rotatable bonds is 11. The predicted molar refractivity (Wildman–Crippen MR) is 143 cm³/mol. The summed E-state index contributed by atoms with van der Waals surface area (Å²) in [6, 6.07) is 8.74. The molecule has 198 valence electrons. The summed E-state index contributed by atoms with van der Waals surface area (Å²) >= 11 is 0. The second-order valence-corrected chi connectivity index (χ2v) is 8.45. The zero-order valence-electron chi connectivity index (χ0n) is 22.0. The molecule has 0 saturated carbocycles. The number of methoxy groups -OCH3 is 2. The van der Waals surface area contributed by atoms with Crippen molar-refractivity contribution in [3.8, 4) is 6.07 Å². The fraction of sp³-hybridized carbons (Fsp3) is 0.321. The van der Waals surface area contributed by atoms with Crippen LogP contribution in [0.5, 0.6) is 0 Å². The van der Waals surface area contributed by atoms with Crippen molar-refractivity contribution in [3.63, 3.8) is 0 Å². The fourth-order valence-electron chi connectivity index (χ4n) is 3.82. The quantitative estimate of drug-likeness (QED) is 0.165. The van der Waals surface area contributed by atoms with E-state index in [1.807, 2.05) is 13.8 Å². The van der Waals surface area contributed by atoms with Crippen molar-refractivity contribution >= 4 is 22.6 Å². The SMILES string of the molecule is C=C/C=C(OC)/C(=C/CC(=O)N=c1c(C#N)cc2c(=O)n3ccccc3nc2n1CCCOC(C)C)OC. The van der Waals surface area contributed by atoms with Crippen molar-refractivity contribution in [2.75, 3.05) is 20.8 Å². The van der Waals surface area contributed by atoms with Crippen molar-refractivity contribution in [1.82, 2.24) is 14.0 Å². The van der Waals surface area contributed by atoms with Crippen molar-refractivity contribution in [2.45, 2.75) is 39.3 Å². The molecule has 0 bridgehead atoms. The van der Waals surface area contributed by atoms with Crippen LogP contribution in [0.15, 0.2) is 76.6 Å². The standard InChI is InChI=1S/C28H31N5O5/c1-6-10-22(36-4)23(37-5)12-13-25(34)31-26-20(18-29)17-21-27(33(26)15-9-16-38-19(2)3)30-24-11-7-8-14-32(24)28(21)35/h6-8,10-12,14,17,19H,1,9,13,15-16H2,2-5H3/b22-10-,23-12-,31-26?. The summed E-state index contributed by atoms with van der Waals surface area (Å²) in [4.78, 5) is 35.2. The number of nitriles is 1. The topological polar surface area (TPSA) is 120 Å². The maximum atomic E-state index is 13.2. The molecule has 3 heterocycles. The highest BCUT2D eigenvalue weighted by Gasteiger charge is 2.15. The molecule has 0 aliphatic carbocycles. The van der Waals surface area contributed by atoms with Crippen LogP contribution in [0.25, 0.3) is 16.7 Å². The van der Waals surface area contributed by atoms with Gasteiger partial charge in [-0.1, -0.05) is 18.7 Å². The number of carbonyl (C=O) groups is 1. The lowest BCUT2D eigenvalue weighted by Crippen LogP contribution is -2.30. The number of hydrogen-bond acceptors (Lipinski definition) is 7. The van der Waals surface area contributed by atoms with E-state index in [0.717, 1.165) is 0 Å². The first-order valence-corrected chi connectivity index (χ1v) is 12.1. The molecule has 0 fully saturated rings. The Kier molecular flexibility index (Phi) is 9.73. The number of pyridine rings is 2. The van der Waals surface area contributed by atoms with Gasteiger partial charge in [0.2, 0.25) is 0 Å². The van der Waals surface area contributed by atoms with E-state index in [-0.39, 0.29) is 34.5 Å². The average Bonchev–Trinajstić information content (AvgIpc) is 2.91. The summed E-state index contributed by atoms with van der Waals surface area (Å²) in [7, 11) is 2.94. The van der Waals surface area contributed by atoms with E-state index in [1.165, 1.54) is 36.8 Å². The Morgan fingerprint density at radius 2 is 2.03 bits per heavy atom. The first kappa shape index (κ1) is 28.1. The first-order valence-electron chi connectivity index (χ1n) is 12.1. The van der Waals surface area contributed by atoms with Crippen LogP contribution in [-0.2, 0) is 25.5 Å². The predicted octanol–water partition coefficient (Wildman–Crippen LogP) is 3.40. The molecule has 3 aromatic rings. The monoisotopic (exact) mass is 517 g/mol. The van der Waals surface area contributed by atoms with Gasteiger partial charge in [0.1, 0.15) is 17.4 Å². The molecule has 0 aliphatic rings. The Hall–Kier alpha value is -4.49. The smallest absolute Gasteiger partial charge is 0.267 e. The van der Waals surface area contributed by atoms with Crippen molar-refractivity contribution in [2.24, 2.45) is 4.99 Å². The fourth-order valence-corrected chi connectivity index (χ4v) is 3.82. The average molecular weight is 518 g/mol. The maximum absolute atomic E-state index is 13.2. The van der Waals surface area contributed by atoms with Crippen molar-refractivity contribution in [1.29, 1.82) is 5.26 Å². The summed E-state index contributed by atoms with van der Waals surface area (Å²) in [6.45, 7) is 8.29. The molecular weight excluding hydrogens is 486 g/mol. The molecule has 0 aromatic carbocycles. The minimum atomic E-state index is -0.519. The van der Waals surface area contributed by atoms with E-state index in [9.17, 15) is 14.9 Å². The van der Waals surface area contributed by atoms with E-state index in [4.69, 9.17) is 14.2 Å². The Balaban J connectivity index is 2.18. The lowest BCUT2D eigenvalue weighted by atomic mass is 10.2. The van der Waals surface area contributed by atoms with Gasteiger partial charge in [-0.25, -0.2) is 4.98 Å². The summed E-state index contributed by atoms with van der Waals surface area (Å²) in [6.07, 6.45) is 6.79. The number of allylic oxidation sites excluding steroid dienone is 2. The highest BCUT2D eigenvalue weighted by molar-refractivity contribution is 5.80. The summed E-state index contributed by atoms with van der Waals surface area (Å²) in [5.74, 6) is 0.222. The minimum Gasteiger partial charge on any atom is -0.493 e. The van der Waals surface area contributed by atoms with E-state index < -0.39 is 5.91 Å². The van der Waals surface area contributed by atoms with E-state index >= 15 is 0 Å². The van der Waals surface area contributed by atoms with Gasteiger partial charge < -0.3 is 18.8 Å². The molecule has 0 spiro atoms. The van der Waals surface area contributed by atoms with Gasteiger partial charge in [0, 0.05) is 19.3 Å². The molecule has 3 rings (SSSR count). The van der Waals surface area contributed by atoms with Crippen LogP contribution in [0.2, 0.25) is 0 Å². The molecule has 0 radical (unpaired) electrons. The molecule has 10 heteroatoms. The summed E-state index contributed by atoms with van der Waals surface area (Å²) in [5, 5.41) is 10.2. The molecule has 1 amide bonds. The van der Waals surface area contributed by atoms with Crippen LogP contribution >= 0.6 is 0 Å². The lowest BCUT2D eigenvalue weighted by Gasteiger charge is -2.14. The zero-order chi connectivity index (χ0) is 27.7. The highest BCUT2D eigenvalue weighted by Crippen LogP contribution is 2.14. The Labute approximate surface area is 220 Å². The number of aromatic nitrogens is 3. The maximum Gasteiger partial charge on any atom is 0.267 e. The third kappa shape index (κ3) is 6.44. The Bertz CT molecular complexity index is 1570. The molecule has 10 nitrogen and oxygen atoms in total. The largest absolute Gasteiger partial charge is 0.493 e. The van der Waals surface area contributed by atoms with E-state index in [2.05, 4.69) is 22.6 Å². The first-order chi connectivity index (χ1) is 18.3. The molecule has 0 aliphatic heterocycles. The number of ether oxygens (including phenoxy) is 3. The third-order valence-corrected chi connectivity index (χ3v) is 5.53. The van der Waals surface area contributed by atoms with Gasteiger partial charge in [-0.2, -0.15) is 10.3 Å². The highest BCUT2D eigenvalue weighted by atomic mass is 16.5. The molecule has 0 N–H and O–H groups in total. The molecule has 0 unspecified atom stereocenters. The molecule has 0 atom stereocenters. The number of hydrogen-bond donors (Lipinski definition) is 0. The van der Waals surface area contributed by atoms with Gasteiger partial charge >= 0.3 is 0 Å². The van der Waals surface area contributed by atoms with Crippen LogP contribution in [-0.4, -0.2) is 46.8 Å². The van der Waals surface area contributed by atoms with Crippen LogP contribution in [0.4, 0.5) is 0 Å². The second-order valence-electron chi connectivity index (χ2n) is 8.45. The number of carbonyl (C=O) groups excluding carboxylic acids is 1. The van der Waals surface area contributed by atoms with E-state index in [1.54, 1.807) is 35.0 Å². The summed E-state index contributed by atoms with van der Waals surface area (Å²) in [5.41, 5.74) is 0.669. The van der Waals surface area contributed by atoms with Gasteiger partial charge in [0.25, 0.3) is 11.5 Å². The van der Waals surface area contributed by atoms with Crippen LogP contribution < -0.4 is 11.0 Å². The van der Waals surface area contributed by atoms with Gasteiger partial charge in [0.05, 0.1) is 37.7 Å². The third-order valence-electron chi connectivity index (χ3n) is 5.53. The van der Waals surface area contributed by atoms with Crippen LogP contribution in [0.3, 0.4) is 0 Å². The number of nitrogens with zero attached hydrogens (tertiary/aromatic N) is 5. The Morgan fingerprint density at radius 3 is 2.68 bits per heavy atom. The lowest BCUT2D eigenvalue weighted by molar-refractivity contribution is -0.117. The van der Waals surface area contributed by atoms with Crippen LogP contribution in [0.1, 0.15) is 32.3 Å². The zero-order valence-corrected chi connectivity index (χ0v) is 22.0. The van der Waals surface area contributed by atoms with Gasteiger partial charge in [-0.3, -0.25) is 14.0 Å². The van der Waals surface area contributed by atoms with Gasteiger partial charge in [-0.15, -0.1) is 0 Å². The minimum absolute atomic E-state index is 0.0496. The number of aryl methyl sites for hydroxylation is 1. The Morgan fingerprint density at radius 1 is 1.26 bits per heavy atom. The van der Waals surface area contributed by atoms with Crippen molar-refractivity contribution in [3.05, 3.63) is 88.2 Å². The molecule has 0 saturated heterocycles. The second kappa shape index (κ2) is 13.2. The number of fused-ring (bicyclic) bond motifs is 2. The van der Waals surface area contributed by atoms with Crippen LogP contribution in [0, 0.1) is 11.3 Å².